The minimum absolute atomic E-state index is 0.499. The Balaban J connectivity index is 0.00000292. The van der Waals surface area contributed by atoms with Gasteiger partial charge in [0.2, 0.25) is 0 Å². The minimum atomic E-state index is 0.499. The summed E-state index contributed by atoms with van der Waals surface area (Å²) in [5.41, 5.74) is 13.5. The summed E-state index contributed by atoms with van der Waals surface area (Å²) in [5.74, 6) is 2.00. The molecule has 0 amide bonds. The van der Waals surface area contributed by atoms with Gasteiger partial charge in [0.05, 0.1) is 68.8 Å². The summed E-state index contributed by atoms with van der Waals surface area (Å²) in [7, 11) is 32.7. The van der Waals surface area contributed by atoms with Crippen molar-refractivity contribution in [2.45, 2.75) is 0 Å². The molecule has 4 aromatic carbocycles. The van der Waals surface area contributed by atoms with Crippen LogP contribution in [0.25, 0.3) is 89.7 Å². The van der Waals surface area contributed by atoms with E-state index in [1.807, 2.05) is 113 Å². The Kier molecular flexibility index (Phi) is 11.8. The normalized spacial score (nSPS) is 11.5. The van der Waals surface area contributed by atoms with E-state index < -0.39 is 0 Å². The summed E-state index contributed by atoms with van der Waals surface area (Å²) >= 11 is 1.06. The van der Waals surface area contributed by atoms with Gasteiger partial charge in [-0.15, -0.1) is 0 Å². The van der Waals surface area contributed by atoms with Crippen LogP contribution in [0, 0.1) is 0 Å². The van der Waals surface area contributed by atoms with Crippen LogP contribution in [-0.4, -0.2) is 143 Å². The van der Waals surface area contributed by atoms with Gasteiger partial charge in [-0.2, -0.15) is 0 Å². The summed E-state index contributed by atoms with van der Waals surface area (Å²) in [6.07, 6.45) is 0. The zero-order chi connectivity index (χ0) is 47.8. The van der Waals surface area contributed by atoms with Crippen LogP contribution < -0.4 is 49.2 Å². The molecule has 9 rings (SSSR count). The second-order valence-corrected chi connectivity index (χ2v) is 18.2. The Labute approximate surface area is 394 Å². The number of aromatic nitrogens is 8. The second kappa shape index (κ2) is 17.1. The van der Waals surface area contributed by atoms with E-state index in [2.05, 4.69) is 87.7 Å². The zero-order valence-corrected chi connectivity index (χ0v) is 42.0. The molecule has 66 heavy (non-hydrogen) atoms. The molecule has 339 valence electrons. The van der Waals surface area contributed by atoms with Crippen molar-refractivity contribution in [3.05, 3.63) is 48.5 Å². The fraction of sp³-hybridized carbons (Fsp3) is 0.333. The molecule has 5 heterocycles. The Morgan fingerprint density at radius 3 is 0.621 bits per heavy atom. The number of nitrogens with zero attached hydrogens (tertiary/aromatic N) is 16. The standard InChI is InChI=1S/C48H56N16.O.V/c1-57(2)33-17-25-26(18-34(33)58(3)4)42-49-41(25)53-43-27-19-35(59(5)6)36(60(7)8)20-28(27)45(50-43)55-47-31-23-39(63(13)14)40(64(15)16)24-32(31)48(52-47)56-46-30-22-38(62(11)12)37(61(9)10)21-29(30)44(51-46)54-42;;/h17-24H,1-16H3;;/q-2;;+2. The summed E-state index contributed by atoms with van der Waals surface area (Å²) in [6.45, 7) is 0. The van der Waals surface area contributed by atoms with E-state index in [9.17, 15) is 0 Å². The van der Waals surface area contributed by atoms with Crippen molar-refractivity contribution < 1.29 is 21.0 Å². The van der Waals surface area contributed by atoms with E-state index in [-0.39, 0.29) is 0 Å². The van der Waals surface area contributed by atoms with Crippen molar-refractivity contribution in [1.82, 2.24) is 39.9 Å². The number of benzene rings is 4. The fourth-order valence-electron chi connectivity index (χ4n) is 8.62. The van der Waals surface area contributed by atoms with Gasteiger partial charge in [-0.25, -0.2) is 9.97 Å². The SMILES string of the molecule is CN(C)c1cc2c(cc1N(C)C)-c1nc-2nc2[n-]c(nc3nc(nc4[n-]c(n1)c1cc(N(C)C)c(N(C)C)cc41)-c1cc(N(C)C)c(N(C)C)cc1-3)c1cc(N(C)C)c(N(C)C)cc21.[O]=[V+2]. The molecule has 18 heteroatoms. The van der Waals surface area contributed by atoms with E-state index in [1.165, 1.54) is 0 Å². The maximum atomic E-state index is 8.19. The first kappa shape index (κ1) is 45.6. The van der Waals surface area contributed by atoms with E-state index in [0.717, 1.165) is 107 Å². The maximum absolute atomic E-state index is 8.19. The third kappa shape index (κ3) is 7.64. The van der Waals surface area contributed by atoms with Crippen molar-refractivity contribution >= 4 is 89.6 Å². The van der Waals surface area contributed by atoms with Gasteiger partial charge in [-0.1, -0.05) is 0 Å². The summed E-state index contributed by atoms with van der Waals surface area (Å²) < 4.78 is 8.19. The fourth-order valence-corrected chi connectivity index (χ4v) is 8.62. The molecule has 0 N–H and O–H groups in total. The molecule has 0 atom stereocenters. The molecule has 8 bridgehead atoms. The molecule has 3 aromatic heterocycles. The van der Waals surface area contributed by atoms with Crippen molar-refractivity contribution in [3.63, 3.8) is 0 Å². The molecule has 2 aliphatic rings. The van der Waals surface area contributed by atoms with Crippen molar-refractivity contribution in [2.75, 3.05) is 152 Å². The summed E-state index contributed by atoms with van der Waals surface area (Å²) in [6, 6.07) is 17.2. The van der Waals surface area contributed by atoms with Crippen LogP contribution in [0.3, 0.4) is 0 Å². The Bertz CT molecular complexity index is 2820. The average Bonchev–Trinajstić information content (AvgIpc) is 3.99. The van der Waals surface area contributed by atoms with E-state index in [1.54, 1.807) is 0 Å². The van der Waals surface area contributed by atoms with Gasteiger partial charge >= 0.3 is 21.0 Å². The number of rotatable bonds is 8. The van der Waals surface area contributed by atoms with Crippen LogP contribution in [-0.2, 0) is 21.0 Å². The zero-order valence-electron chi connectivity index (χ0n) is 40.6. The third-order valence-electron chi connectivity index (χ3n) is 11.9. The molecular formula is C48H56N16OV. The van der Waals surface area contributed by atoms with Gasteiger partial charge < -0.3 is 69.1 Å². The van der Waals surface area contributed by atoms with Gasteiger partial charge in [0.1, 0.15) is 0 Å². The van der Waals surface area contributed by atoms with Crippen molar-refractivity contribution in [1.29, 1.82) is 0 Å². The second-order valence-electron chi connectivity index (χ2n) is 18.2. The molecule has 7 aromatic rings. The Hall–Kier alpha value is -6.98. The van der Waals surface area contributed by atoms with E-state index in [4.69, 9.17) is 43.5 Å². The first-order chi connectivity index (χ1) is 31.3. The summed E-state index contributed by atoms with van der Waals surface area (Å²) in [5, 5.41) is 3.37. The molecule has 0 fully saturated rings. The van der Waals surface area contributed by atoms with Gasteiger partial charge in [0, 0.05) is 158 Å². The molecule has 0 radical (unpaired) electrons. The Morgan fingerprint density at radius 1 is 0.288 bits per heavy atom. The Morgan fingerprint density at radius 2 is 0.455 bits per heavy atom. The monoisotopic (exact) mass is 923 g/mol. The van der Waals surface area contributed by atoms with Gasteiger partial charge in [0.25, 0.3) is 0 Å². The molecule has 2 aliphatic heterocycles. The molecule has 0 saturated carbocycles. The number of hydrogen-bond acceptors (Lipinski definition) is 15. The molecule has 0 saturated heterocycles. The molecule has 0 aliphatic carbocycles. The van der Waals surface area contributed by atoms with Crippen molar-refractivity contribution in [2.24, 2.45) is 0 Å². The van der Waals surface area contributed by atoms with E-state index in [0.29, 0.717) is 45.9 Å². The number of anilines is 8. The third-order valence-corrected chi connectivity index (χ3v) is 11.9. The quantitative estimate of drug-likeness (QED) is 0.162. The van der Waals surface area contributed by atoms with Crippen LogP contribution in [0.2, 0.25) is 0 Å². The molecular weight excluding hydrogens is 868 g/mol. The summed E-state index contributed by atoms with van der Waals surface area (Å²) in [4.78, 5) is 59.2. The van der Waals surface area contributed by atoms with Gasteiger partial charge in [-0.05, 0) is 70.1 Å². The number of hydrogen-bond donors (Lipinski definition) is 0. The van der Waals surface area contributed by atoms with Gasteiger partial charge in [0.15, 0.2) is 0 Å². The first-order valence-electron chi connectivity index (χ1n) is 21.3. The predicted octanol–water partition coefficient (Wildman–Crippen LogP) is 6.53. The number of fused-ring (bicyclic) bond motifs is 20. The average molecular weight is 924 g/mol. The molecule has 17 nitrogen and oxygen atoms in total. The van der Waals surface area contributed by atoms with Crippen molar-refractivity contribution in [3.8, 4) is 45.6 Å². The first-order valence-corrected chi connectivity index (χ1v) is 21.9. The van der Waals surface area contributed by atoms with Crippen LogP contribution >= 0.6 is 0 Å². The van der Waals surface area contributed by atoms with Crippen LogP contribution in [0.15, 0.2) is 48.5 Å². The van der Waals surface area contributed by atoms with Crippen LogP contribution in [0.4, 0.5) is 45.5 Å². The predicted molar refractivity (Wildman–Crippen MR) is 269 cm³/mol. The van der Waals surface area contributed by atoms with Crippen LogP contribution in [0.1, 0.15) is 0 Å². The molecule has 0 spiro atoms. The van der Waals surface area contributed by atoms with Gasteiger partial charge in [-0.3, -0.25) is 0 Å². The van der Waals surface area contributed by atoms with E-state index >= 15 is 0 Å². The topological polar surface area (TPSA) is 149 Å². The van der Waals surface area contributed by atoms with Crippen LogP contribution in [0.5, 0.6) is 0 Å². The molecule has 0 unspecified atom stereocenters.